The van der Waals surface area contributed by atoms with Gasteiger partial charge in [-0.25, -0.2) is 26.4 Å². The first-order valence-corrected chi connectivity index (χ1v) is 19.4. The molecule has 2 rings (SSSR count). The van der Waals surface area contributed by atoms with Crippen molar-refractivity contribution in [1.82, 2.24) is 10.0 Å². The molecule has 0 aliphatic carbocycles. The average molecular weight is 647 g/mol. The maximum absolute atomic E-state index is 12.8. The second kappa shape index (κ2) is 18.8. The van der Waals surface area contributed by atoms with Crippen LogP contribution in [-0.4, -0.2) is 47.1 Å². The number of rotatable bonds is 21. The summed E-state index contributed by atoms with van der Waals surface area (Å²) < 4.78 is 57.9. The Bertz CT molecular complexity index is 1220. The smallest absolute Gasteiger partial charge is 0.330 e. The molecular formula is C30H50N2O7S3. The molecule has 0 spiro atoms. The van der Waals surface area contributed by atoms with Crippen molar-refractivity contribution < 1.29 is 31.2 Å². The van der Waals surface area contributed by atoms with Crippen LogP contribution in [0, 0.1) is 0 Å². The number of esters is 1. The zero-order valence-electron chi connectivity index (χ0n) is 25.5. The predicted molar refractivity (Wildman–Crippen MR) is 168 cm³/mol. The number of fused-ring (bicyclic) bond motifs is 1. The number of unbranched alkanes of at least 4 members (excludes halogenated alkanes) is 13. The van der Waals surface area contributed by atoms with Crippen LogP contribution >= 0.6 is 11.3 Å². The third kappa shape index (κ3) is 12.1. The molecule has 2 N–H and O–H groups in total. The van der Waals surface area contributed by atoms with Crippen molar-refractivity contribution in [3.05, 3.63) is 23.8 Å². The summed E-state index contributed by atoms with van der Waals surface area (Å²) in [6, 6.07) is 1.01. The van der Waals surface area contributed by atoms with E-state index in [0.717, 1.165) is 31.4 Å². The lowest BCUT2D eigenvalue weighted by Gasteiger charge is -2.27. The van der Waals surface area contributed by atoms with Gasteiger partial charge in [0.1, 0.15) is 8.42 Å². The summed E-state index contributed by atoms with van der Waals surface area (Å²) >= 11 is 0.630. The highest BCUT2D eigenvalue weighted by Gasteiger charge is 2.39. The lowest BCUT2D eigenvalue weighted by atomic mass is 10.0. The van der Waals surface area contributed by atoms with Gasteiger partial charge in [0.2, 0.25) is 0 Å². The van der Waals surface area contributed by atoms with E-state index in [2.05, 4.69) is 12.2 Å². The lowest BCUT2D eigenvalue weighted by molar-refractivity contribution is -0.138. The highest BCUT2D eigenvalue weighted by molar-refractivity contribution is 7.95. The summed E-state index contributed by atoms with van der Waals surface area (Å²) in [4.78, 5) is 24.2. The molecule has 1 aliphatic heterocycles. The molecule has 0 radical (unpaired) electrons. The highest BCUT2D eigenvalue weighted by Crippen LogP contribution is 2.42. The average Bonchev–Trinajstić information content (AvgIpc) is 3.41. The Labute approximate surface area is 257 Å². The first-order chi connectivity index (χ1) is 20.0. The zero-order chi connectivity index (χ0) is 31.0. The minimum Gasteiger partial charge on any atom is -0.463 e. The summed E-state index contributed by atoms with van der Waals surface area (Å²) in [5.41, 5.74) is 0.399. The largest absolute Gasteiger partial charge is 0.463 e. The van der Waals surface area contributed by atoms with Gasteiger partial charge >= 0.3 is 5.97 Å². The molecule has 0 saturated heterocycles. The summed E-state index contributed by atoms with van der Waals surface area (Å²) in [5, 5.41) is 2.54. The molecule has 0 bridgehead atoms. The molecule has 12 heteroatoms. The van der Waals surface area contributed by atoms with Crippen molar-refractivity contribution in [2.24, 2.45) is 0 Å². The number of carbonyl (C=O) groups is 2. The molecule has 2 heterocycles. The molecule has 0 unspecified atom stereocenters. The zero-order valence-corrected chi connectivity index (χ0v) is 27.9. The Kier molecular flexibility index (Phi) is 16.3. The van der Waals surface area contributed by atoms with Crippen LogP contribution in [0.15, 0.2) is 26.6 Å². The molecular weight excluding hydrogens is 597 g/mol. The monoisotopic (exact) mass is 646 g/mol. The number of thiophene rings is 1. The molecule has 1 aromatic heterocycles. The summed E-state index contributed by atoms with van der Waals surface area (Å²) in [6.45, 7) is 6.55. The van der Waals surface area contributed by atoms with Crippen LogP contribution in [0.3, 0.4) is 0 Å². The van der Waals surface area contributed by atoms with Crippen LogP contribution in [0.25, 0.3) is 0 Å². The van der Waals surface area contributed by atoms with Gasteiger partial charge in [-0.05, 0) is 32.4 Å². The van der Waals surface area contributed by atoms with Gasteiger partial charge in [0, 0.05) is 23.8 Å². The van der Waals surface area contributed by atoms with Gasteiger partial charge in [-0.2, -0.15) is 0 Å². The summed E-state index contributed by atoms with van der Waals surface area (Å²) in [7, 11) is -7.99. The maximum Gasteiger partial charge on any atom is 0.330 e. The van der Waals surface area contributed by atoms with Crippen molar-refractivity contribution in [2.75, 3.05) is 13.2 Å². The Morgan fingerprint density at radius 2 is 1.48 bits per heavy atom. The standard InChI is InChI=1S/C30H50N2O7S3/c1-4-6-7-8-9-10-11-12-13-14-15-16-17-18-21-39-28(34)20-19-27(33)32-42(37,38)29-23-25-26(31-5-2)22-24(3)41(35,36)30(25)40-29/h19-20,23-24,26,31H,4-18,21-22H2,1-3H3,(H,32,33)/b20-19+/t24-,26-/m0/s1. The molecule has 1 aromatic rings. The Balaban J connectivity index is 1.66. The summed E-state index contributed by atoms with van der Waals surface area (Å²) in [5.74, 6) is -1.74. The quantitative estimate of drug-likeness (QED) is 0.0896. The minimum absolute atomic E-state index is 0.00245. The van der Waals surface area contributed by atoms with Gasteiger partial charge in [-0.3, -0.25) is 4.79 Å². The SMILES string of the molecule is CCCCCCCCCCCCCCCCOC(=O)/C=C/C(=O)NS(=O)(=O)c1cc2c(s1)S(=O)(=O)[C@@H](C)C[C@@H]2NCC. The number of amides is 1. The molecule has 42 heavy (non-hydrogen) atoms. The lowest BCUT2D eigenvalue weighted by Crippen LogP contribution is -2.33. The Hall–Kier alpha value is -1.76. The van der Waals surface area contributed by atoms with E-state index in [4.69, 9.17) is 4.74 Å². The number of nitrogens with one attached hydrogen (secondary N) is 2. The first kappa shape index (κ1) is 36.4. The molecule has 240 valence electrons. The van der Waals surface area contributed by atoms with Crippen LogP contribution in [0.1, 0.15) is 129 Å². The summed E-state index contributed by atoms with van der Waals surface area (Å²) in [6.07, 6.45) is 19.2. The van der Waals surface area contributed by atoms with E-state index in [1.54, 1.807) is 6.92 Å². The van der Waals surface area contributed by atoms with E-state index in [1.165, 1.54) is 76.7 Å². The van der Waals surface area contributed by atoms with Gasteiger partial charge in [0.25, 0.3) is 15.9 Å². The minimum atomic E-state index is -4.33. The fourth-order valence-corrected chi connectivity index (χ4v) is 9.99. The van der Waals surface area contributed by atoms with Crippen LogP contribution in [0.4, 0.5) is 0 Å². The second-order valence-electron chi connectivity index (χ2n) is 11.1. The van der Waals surface area contributed by atoms with Crippen LogP contribution in [0.2, 0.25) is 0 Å². The highest BCUT2D eigenvalue weighted by atomic mass is 32.3. The predicted octanol–water partition coefficient (Wildman–Crippen LogP) is 6.35. The molecule has 9 nitrogen and oxygen atoms in total. The van der Waals surface area contributed by atoms with E-state index in [1.807, 2.05) is 11.6 Å². The topological polar surface area (TPSA) is 136 Å². The molecule has 0 fully saturated rings. The number of carbonyl (C=O) groups excluding carboxylic acids is 2. The van der Waals surface area contributed by atoms with Gasteiger partial charge in [0.05, 0.1) is 11.9 Å². The van der Waals surface area contributed by atoms with Crippen LogP contribution in [-0.2, 0) is 34.2 Å². The van der Waals surface area contributed by atoms with E-state index in [9.17, 15) is 26.4 Å². The first-order valence-electron chi connectivity index (χ1n) is 15.6. The van der Waals surface area contributed by atoms with Crippen molar-refractivity contribution >= 4 is 43.1 Å². The van der Waals surface area contributed by atoms with Gasteiger partial charge < -0.3 is 10.1 Å². The third-order valence-electron chi connectivity index (χ3n) is 7.50. The van der Waals surface area contributed by atoms with E-state index < -0.39 is 37.0 Å². The normalized spacial score (nSPS) is 18.2. The van der Waals surface area contributed by atoms with Crippen molar-refractivity contribution in [1.29, 1.82) is 0 Å². The fourth-order valence-electron chi connectivity index (χ4n) is 5.05. The molecule has 1 amide bonds. The molecule has 0 saturated carbocycles. The van der Waals surface area contributed by atoms with Gasteiger partial charge in [-0.15, -0.1) is 11.3 Å². The fraction of sp³-hybridized carbons (Fsp3) is 0.733. The molecule has 2 atom stereocenters. The second-order valence-corrected chi connectivity index (χ2v) is 16.6. The van der Waals surface area contributed by atoms with Crippen molar-refractivity contribution in [3.63, 3.8) is 0 Å². The number of hydrogen-bond donors (Lipinski definition) is 2. The Morgan fingerprint density at radius 3 is 2.02 bits per heavy atom. The molecule has 1 aliphatic rings. The van der Waals surface area contributed by atoms with E-state index in [0.29, 0.717) is 29.9 Å². The van der Waals surface area contributed by atoms with E-state index >= 15 is 0 Å². The number of hydrogen-bond acceptors (Lipinski definition) is 9. The van der Waals surface area contributed by atoms with Gasteiger partial charge in [0.15, 0.2) is 9.84 Å². The molecule has 0 aromatic carbocycles. The Morgan fingerprint density at radius 1 is 0.929 bits per heavy atom. The maximum atomic E-state index is 12.8. The van der Waals surface area contributed by atoms with Crippen molar-refractivity contribution in [3.8, 4) is 0 Å². The van der Waals surface area contributed by atoms with Crippen LogP contribution < -0.4 is 10.0 Å². The van der Waals surface area contributed by atoms with Crippen LogP contribution in [0.5, 0.6) is 0 Å². The van der Waals surface area contributed by atoms with E-state index in [-0.39, 0.29) is 21.1 Å². The number of ether oxygens (including phenoxy) is 1. The van der Waals surface area contributed by atoms with Gasteiger partial charge in [-0.1, -0.05) is 97.3 Å². The number of sulfonamides is 1. The van der Waals surface area contributed by atoms with Crippen molar-refractivity contribution in [2.45, 2.75) is 137 Å². The third-order valence-corrected chi connectivity index (χ3v) is 13.2. The number of sulfone groups is 1.